The average Bonchev–Trinajstić information content (AvgIpc) is 2.39. The third-order valence-electron chi connectivity index (χ3n) is 3.79. The van der Waals surface area contributed by atoms with Gasteiger partial charge >= 0.3 is 0 Å². The van der Waals surface area contributed by atoms with Gasteiger partial charge in [0.15, 0.2) is 0 Å². The molecule has 1 aliphatic rings. The number of sulfonamides is 1. The van der Waals surface area contributed by atoms with E-state index in [0.717, 1.165) is 24.8 Å². The predicted molar refractivity (Wildman–Crippen MR) is 75.1 cm³/mol. The average molecular weight is 283 g/mol. The maximum absolute atomic E-state index is 12.4. The van der Waals surface area contributed by atoms with E-state index in [1.54, 1.807) is 7.05 Å². The summed E-state index contributed by atoms with van der Waals surface area (Å²) in [5, 5.41) is 9.96. The minimum atomic E-state index is -3.37. The standard InChI is InChI=1S/C14H21NO3S/c1-15(13-9-5-6-10-14(13)16)19(17,18)11-12-7-3-2-4-8-12/h2-4,7-8,13-14,16H,5-6,9-11H2,1H3/t13-,14+/m1/s1. The summed E-state index contributed by atoms with van der Waals surface area (Å²) >= 11 is 0. The molecule has 2 atom stereocenters. The number of aliphatic hydroxyl groups excluding tert-OH is 1. The summed E-state index contributed by atoms with van der Waals surface area (Å²) in [6.07, 6.45) is 2.85. The van der Waals surface area contributed by atoms with Gasteiger partial charge in [0.2, 0.25) is 10.0 Å². The summed E-state index contributed by atoms with van der Waals surface area (Å²) in [7, 11) is -1.79. The monoisotopic (exact) mass is 283 g/mol. The van der Waals surface area contributed by atoms with E-state index >= 15 is 0 Å². The van der Waals surface area contributed by atoms with Crippen molar-refractivity contribution in [1.29, 1.82) is 0 Å². The Kier molecular flexibility index (Phi) is 4.60. The molecule has 4 nitrogen and oxygen atoms in total. The molecule has 1 aromatic carbocycles. The van der Waals surface area contributed by atoms with Crippen molar-refractivity contribution >= 4 is 10.0 Å². The van der Waals surface area contributed by atoms with Gasteiger partial charge in [0.25, 0.3) is 0 Å². The molecule has 1 aromatic rings. The van der Waals surface area contributed by atoms with Gasteiger partial charge in [-0.3, -0.25) is 0 Å². The molecule has 1 saturated carbocycles. The molecular formula is C14H21NO3S. The molecule has 1 fully saturated rings. The molecule has 0 spiro atoms. The van der Waals surface area contributed by atoms with Crippen LogP contribution in [0.15, 0.2) is 30.3 Å². The van der Waals surface area contributed by atoms with Gasteiger partial charge < -0.3 is 5.11 Å². The summed E-state index contributed by atoms with van der Waals surface area (Å²) in [6.45, 7) is 0. The Morgan fingerprint density at radius 2 is 1.84 bits per heavy atom. The summed E-state index contributed by atoms with van der Waals surface area (Å²) in [5.74, 6) is -0.00639. The largest absolute Gasteiger partial charge is 0.391 e. The van der Waals surface area contributed by atoms with Crippen molar-refractivity contribution in [2.75, 3.05) is 7.05 Å². The van der Waals surface area contributed by atoms with Crippen LogP contribution in [0.5, 0.6) is 0 Å². The zero-order valence-electron chi connectivity index (χ0n) is 11.2. The van der Waals surface area contributed by atoms with E-state index in [2.05, 4.69) is 0 Å². The number of hydrogen-bond acceptors (Lipinski definition) is 3. The smallest absolute Gasteiger partial charge is 0.218 e. The Bertz CT molecular complexity index is 501. The van der Waals surface area contributed by atoms with Crippen molar-refractivity contribution in [3.05, 3.63) is 35.9 Å². The van der Waals surface area contributed by atoms with Crippen LogP contribution < -0.4 is 0 Å². The fourth-order valence-electron chi connectivity index (χ4n) is 2.61. The van der Waals surface area contributed by atoms with Crippen LogP contribution >= 0.6 is 0 Å². The third kappa shape index (κ3) is 3.55. The molecule has 1 N–H and O–H groups in total. The van der Waals surface area contributed by atoms with Crippen LogP contribution in [0, 0.1) is 0 Å². The lowest BCUT2D eigenvalue weighted by atomic mass is 9.93. The molecule has 0 heterocycles. The third-order valence-corrected chi connectivity index (χ3v) is 5.64. The van der Waals surface area contributed by atoms with Crippen molar-refractivity contribution in [3.63, 3.8) is 0 Å². The van der Waals surface area contributed by atoms with Crippen LogP contribution in [0.3, 0.4) is 0 Å². The molecule has 2 rings (SSSR count). The van der Waals surface area contributed by atoms with Crippen LogP contribution in [0.25, 0.3) is 0 Å². The Morgan fingerprint density at radius 1 is 1.21 bits per heavy atom. The van der Waals surface area contributed by atoms with E-state index in [1.165, 1.54) is 4.31 Å². The number of rotatable bonds is 4. The fraction of sp³-hybridized carbons (Fsp3) is 0.571. The Labute approximate surface area is 115 Å². The van der Waals surface area contributed by atoms with E-state index in [1.807, 2.05) is 30.3 Å². The zero-order valence-corrected chi connectivity index (χ0v) is 12.0. The van der Waals surface area contributed by atoms with E-state index in [-0.39, 0.29) is 11.8 Å². The quantitative estimate of drug-likeness (QED) is 0.916. The molecule has 0 bridgehead atoms. The molecule has 0 radical (unpaired) electrons. The molecule has 0 saturated heterocycles. The SMILES string of the molecule is CN([C@@H]1CCCC[C@@H]1O)S(=O)(=O)Cc1ccccc1. The van der Waals surface area contributed by atoms with E-state index in [0.29, 0.717) is 6.42 Å². The topological polar surface area (TPSA) is 57.6 Å². The highest BCUT2D eigenvalue weighted by Gasteiger charge is 2.33. The summed E-state index contributed by atoms with van der Waals surface area (Å²) < 4.78 is 26.1. The summed E-state index contributed by atoms with van der Waals surface area (Å²) in [5.41, 5.74) is 0.777. The summed E-state index contributed by atoms with van der Waals surface area (Å²) in [4.78, 5) is 0. The van der Waals surface area contributed by atoms with E-state index in [9.17, 15) is 13.5 Å². The van der Waals surface area contributed by atoms with Crippen molar-refractivity contribution < 1.29 is 13.5 Å². The maximum atomic E-state index is 12.4. The fourth-order valence-corrected chi connectivity index (χ4v) is 4.08. The predicted octanol–water partition coefficient (Wildman–Crippen LogP) is 1.75. The van der Waals surface area contributed by atoms with Gasteiger partial charge in [-0.05, 0) is 18.4 Å². The van der Waals surface area contributed by atoms with Crippen molar-refractivity contribution in [2.45, 2.75) is 43.6 Å². The lowest BCUT2D eigenvalue weighted by Gasteiger charge is -2.34. The van der Waals surface area contributed by atoms with Gasteiger partial charge in [0.1, 0.15) is 0 Å². The number of benzene rings is 1. The normalized spacial score (nSPS) is 24.6. The second-order valence-electron chi connectivity index (χ2n) is 5.18. The second-order valence-corrected chi connectivity index (χ2v) is 7.21. The Balaban J connectivity index is 2.10. The molecule has 0 aliphatic heterocycles. The van der Waals surface area contributed by atoms with E-state index in [4.69, 9.17) is 0 Å². The molecule has 19 heavy (non-hydrogen) atoms. The summed E-state index contributed by atoms with van der Waals surface area (Å²) in [6, 6.07) is 8.87. The lowest BCUT2D eigenvalue weighted by Crippen LogP contribution is -2.46. The van der Waals surface area contributed by atoms with Crippen molar-refractivity contribution in [1.82, 2.24) is 4.31 Å². The molecular weight excluding hydrogens is 262 g/mol. The number of hydrogen-bond donors (Lipinski definition) is 1. The first-order chi connectivity index (χ1) is 9.00. The zero-order chi connectivity index (χ0) is 13.9. The van der Waals surface area contributed by atoms with Gasteiger partial charge in [0, 0.05) is 7.05 Å². The Morgan fingerprint density at radius 3 is 2.47 bits per heavy atom. The first-order valence-corrected chi connectivity index (χ1v) is 8.29. The molecule has 0 aromatic heterocycles. The van der Waals surface area contributed by atoms with Crippen LogP contribution in [-0.2, 0) is 15.8 Å². The lowest BCUT2D eigenvalue weighted by molar-refractivity contribution is 0.0637. The number of nitrogens with zero attached hydrogens (tertiary/aromatic N) is 1. The van der Waals surface area contributed by atoms with Crippen LogP contribution in [-0.4, -0.2) is 37.0 Å². The molecule has 106 valence electrons. The molecule has 0 amide bonds. The van der Waals surface area contributed by atoms with Crippen molar-refractivity contribution in [2.24, 2.45) is 0 Å². The minimum absolute atomic E-state index is 0.00639. The van der Waals surface area contributed by atoms with Crippen LogP contribution in [0.1, 0.15) is 31.2 Å². The van der Waals surface area contributed by atoms with Gasteiger partial charge in [-0.15, -0.1) is 0 Å². The van der Waals surface area contributed by atoms with Crippen molar-refractivity contribution in [3.8, 4) is 0 Å². The highest BCUT2D eigenvalue weighted by atomic mass is 32.2. The number of aliphatic hydroxyl groups is 1. The van der Waals surface area contributed by atoms with E-state index < -0.39 is 16.1 Å². The first kappa shape index (κ1) is 14.5. The first-order valence-electron chi connectivity index (χ1n) is 6.68. The molecule has 1 aliphatic carbocycles. The maximum Gasteiger partial charge on any atom is 0.218 e. The van der Waals surface area contributed by atoms with Gasteiger partial charge in [0.05, 0.1) is 17.9 Å². The highest BCUT2D eigenvalue weighted by Crippen LogP contribution is 2.25. The minimum Gasteiger partial charge on any atom is -0.391 e. The molecule has 0 unspecified atom stereocenters. The van der Waals surface area contributed by atoms with Gasteiger partial charge in [-0.2, -0.15) is 4.31 Å². The Hall–Kier alpha value is -0.910. The van der Waals surface area contributed by atoms with Gasteiger partial charge in [-0.25, -0.2) is 8.42 Å². The highest BCUT2D eigenvalue weighted by molar-refractivity contribution is 7.88. The van der Waals surface area contributed by atoms with Gasteiger partial charge in [-0.1, -0.05) is 43.2 Å². The van der Waals surface area contributed by atoms with Crippen LogP contribution in [0.4, 0.5) is 0 Å². The second kappa shape index (κ2) is 6.03. The molecule has 5 heteroatoms. The van der Waals surface area contributed by atoms with Crippen LogP contribution in [0.2, 0.25) is 0 Å². The number of likely N-dealkylation sites (N-methyl/N-ethyl adjacent to an activating group) is 1.